The van der Waals surface area contributed by atoms with Crippen LogP contribution in [0.2, 0.25) is 5.02 Å². The molecule has 4 nitrogen and oxygen atoms in total. The van der Waals surface area contributed by atoms with Crippen molar-refractivity contribution >= 4 is 29.6 Å². The van der Waals surface area contributed by atoms with Crippen LogP contribution >= 0.6 is 11.6 Å². The maximum Gasteiger partial charge on any atom is 0.352 e. The Balaban J connectivity index is 3.12. The lowest BCUT2D eigenvalue weighted by Gasteiger charge is -2.03. The smallest absolute Gasteiger partial charge is 0.352 e. The van der Waals surface area contributed by atoms with Crippen molar-refractivity contribution in [2.24, 2.45) is 0 Å². The van der Waals surface area contributed by atoms with Crippen LogP contribution in [0.4, 0.5) is 4.39 Å². The minimum atomic E-state index is -1.35. The molecule has 0 saturated carbocycles. The van der Waals surface area contributed by atoms with E-state index in [1.54, 1.807) is 0 Å². The quantitative estimate of drug-likeness (QED) is 0.815. The van der Waals surface area contributed by atoms with Crippen LogP contribution in [0.3, 0.4) is 0 Å². The van der Waals surface area contributed by atoms with Gasteiger partial charge in [0.25, 0.3) is 0 Å². The van der Waals surface area contributed by atoms with Gasteiger partial charge in [0.15, 0.2) is 0 Å². The molecule has 6 heteroatoms. The molecule has 0 unspecified atom stereocenters. The molecule has 0 radical (unpaired) electrons. The molecule has 1 amide bonds. The van der Waals surface area contributed by atoms with Gasteiger partial charge >= 0.3 is 5.97 Å². The van der Waals surface area contributed by atoms with Crippen molar-refractivity contribution in [3.8, 4) is 0 Å². The zero-order chi connectivity index (χ0) is 13.0. The van der Waals surface area contributed by atoms with Crippen molar-refractivity contribution in [2.45, 2.75) is 6.92 Å². The average Bonchev–Trinajstić information content (AvgIpc) is 2.19. The summed E-state index contributed by atoms with van der Waals surface area (Å²) in [6.45, 7) is 1.16. The minimum Gasteiger partial charge on any atom is -0.477 e. The van der Waals surface area contributed by atoms with Crippen molar-refractivity contribution in [3.05, 3.63) is 40.3 Å². The normalized spacial score (nSPS) is 11.1. The zero-order valence-corrected chi connectivity index (χ0v) is 9.58. The largest absolute Gasteiger partial charge is 0.477 e. The maximum absolute atomic E-state index is 13.4. The molecule has 0 aliphatic heterocycles. The van der Waals surface area contributed by atoms with Crippen LogP contribution in [0.25, 0.3) is 6.08 Å². The molecule has 1 rings (SSSR count). The first-order valence-electron chi connectivity index (χ1n) is 4.58. The molecule has 2 N–H and O–H groups in total. The van der Waals surface area contributed by atoms with E-state index in [2.05, 4.69) is 5.32 Å². The Hall–Kier alpha value is -1.88. The van der Waals surface area contributed by atoms with Gasteiger partial charge in [-0.15, -0.1) is 0 Å². The van der Waals surface area contributed by atoms with Crippen LogP contribution < -0.4 is 5.32 Å². The molecule has 17 heavy (non-hydrogen) atoms. The van der Waals surface area contributed by atoms with Crippen molar-refractivity contribution in [1.29, 1.82) is 0 Å². The number of carbonyl (C=O) groups excluding carboxylic acids is 1. The second kappa shape index (κ2) is 5.45. The summed E-state index contributed by atoms with van der Waals surface area (Å²) in [7, 11) is 0. The lowest BCUT2D eigenvalue weighted by molar-refractivity contribution is -0.134. The molecule has 0 heterocycles. The molecule has 0 fully saturated rings. The monoisotopic (exact) mass is 257 g/mol. The Labute approximate surface area is 102 Å². The molecule has 0 aliphatic rings. The second-order valence-corrected chi connectivity index (χ2v) is 3.65. The van der Waals surface area contributed by atoms with Gasteiger partial charge in [0.2, 0.25) is 5.91 Å². The average molecular weight is 258 g/mol. The van der Waals surface area contributed by atoms with Gasteiger partial charge in [-0.3, -0.25) is 4.79 Å². The minimum absolute atomic E-state index is 0.0283. The van der Waals surface area contributed by atoms with Gasteiger partial charge < -0.3 is 10.4 Å². The third-order valence-electron chi connectivity index (χ3n) is 1.80. The Morgan fingerprint density at radius 2 is 2.12 bits per heavy atom. The van der Waals surface area contributed by atoms with E-state index in [0.717, 1.165) is 19.1 Å². The van der Waals surface area contributed by atoms with E-state index in [0.29, 0.717) is 0 Å². The van der Waals surface area contributed by atoms with Gasteiger partial charge in [0.1, 0.15) is 11.5 Å². The fraction of sp³-hybridized carbons (Fsp3) is 0.0909. The number of carbonyl (C=O) groups is 2. The Morgan fingerprint density at radius 3 is 2.59 bits per heavy atom. The van der Waals surface area contributed by atoms with E-state index >= 15 is 0 Å². The molecule has 0 atom stereocenters. The van der Waals surface area contributed by atoms with E-state index in [1.807, 2.05) is 0 Å². The number of carboxylic acid groups (broad SMARTS) is 1. The number of aliphatic carboxylic acids is 1. The van der Waals surface area contributed by atoms with Crippen LogP contribution in [0.5, 0.6) is 0 Å². The lowest BCUT2D eigenvalue weighted by Crippen LogP contribution is -2.24. The fourth-order valence-corrected chi connectivity index (χ4v) is 1.27. The highest BCUT2D eigenvalue weighted by Crippen LogP contribution is 2.16. The first kappa shape index (κ1) is 13.2. The molecular weight excluding hydrogens is 249 g/mol. The molecule has 1 aromatic rings. The summed E-state index contributed by atoms with van der Waals surface area (Å²) < 4.78 is 13.4. The molecule has 0 bridgehead atoms. The first-order valence-corrected chi connectivity index (χ1v) is 4.95. The molecule has 1 aromatic carbocycles. The van der Waals surface area contributed by atoms with Crippen molar-refractivity contribution in [3.63, 3.8) is 0 Å². The molecule has 0 spiro atoms. The zero-order valence-electron chi connectivity index (χ0n) is 8.83. The highest BCUT2D eigenvalue weighted by molar-refractivity contribution is 6.30. The molecular formula is C11H9ClFNO3. The predicted octanol–water partition coefficient (Wildman–Crippen LogP) is 2.04. The number of nitrogens with one attached hydrogen (secondary N) is 1. The van der Waals surface area contributed by atoms with E-state index in [4.69, 9.17) is 16.7 Å². The maximum atomic E-state index is 13.4. The first-order chi connectivity index (χ1) is 7.90. The highest BCUT2D eigenvalue weighted by atomic mass is 35.5. The van der Waals surface area contributed by atoms with Crippen LogP contribution in [-0.4, -0.2) is 17.0 Å². The van der Waals surface area contributed by atoms with Gasteiger partial charge in [0, 0.05) is 17.5 Å². The predicted molar refractivity (Wildman–Crippen MR) is 60.8 cm³/mol. The van der Waals surface area contributed by atoms with Crippen LogP contribution in [0.1, 0.15) is 12.5 Å². The third-order valence-corrected chi connectivity index (χ3v) is 2.04. The lowest BCUT2D eigenvalue weighted by atomic mass is 10.2. The summed E-state index contributed by atoms with van der Waals surface area (Å²) in [6, 6.07) is 3.80. The molecule has 0 aromatic heterocycles. The van der Waals surface area contributed by atoms with E-state index < -0.39 is 23.4 Å². The molecule has 0 aliphatic carbocycles. The summed E-state index contributed by atoms with van der Waals surface area (Å²) in [5.41, 5.74) is -0.376. The summed E-state index contributed by atoms with van der Waals surface area (Å²) in [4.78, 5) is 21.5. The van der Waals surface area contributed by atoms with Crippen LogP contribution in [0.15, 0.2) is 23.9 Å². The topological polar surface area (TPSA) is 66.4 Å². The van der Waals surface area contributed by atoms with E-state index in [9.17, 15) is 14.0 Å². The van der Waals surface area contributed by atoms with E-state index in [1.165, 1.54) is 12.1 Å². The number of hydrogen-bond acceptors (Lipinski definition) is 2. The molecule has 90 valence electrons. The summed E-state index contributed by atoms with van der Waals surface area (Å²) in [6.07, 6.45) is 1.02. The number of rotatable bonds is 3. The number of carboxylic acids is 1. The van der Waals surface area contributed by atoms with Gasteiger partial charge in [0.05, 0.1) is 0 Å². The van der Waals surface area contributed by atoms with Gasteiger partial charge in [-0.05, 0) is 18.2 Å². The number of halogens is 2. The summed E-state index contributed by atoms with van der Waals surface area (Å²) >= 11 is 5.55. The van der Waals surface area contributed by atoms with Gasteiger partial charge in [-0.1, -0.05) is 17.7 Å². The van der Waals surface area contributed by atoms with Crippen LogP contribution in [-0.2, 0) is 9.59 Å². The Bertz CT molecular complexity index is 499. The second-order valence-electron chi connectivity index (χ2n) is 3.21. The van der Waals surface area contributed by atoms with E-state index in [-0.39, 0.29) is 10.6 Å². The van der Waals surface area contributed by atoms with Gasteiger partial charge in [-0.25, -0.2) is 9.18 Å². The third kappa shape index (κ3) is 3.88. The molecule has 0 saturated heterocycles. The number of hydrogen-bond donors (Lipinski definition) is 2. The van der Waals surface area contributed by atoms with Crippen molar-refractivity contribution in [2.75, 3.05) is 0 Å². The summed E-state index contributed by atoms with van der Waals surface area (Å²) in [5, 5.41) is 11.1. The number of benzene rings is 1. The Morgan fingerprint density at radius 1 is 1.47 bits per heavy atom. The number of amides is 1. The fourth-order valence-electron chi connectivity index (χ4n) is 1.11. The van der Waals surface area contributed by atoms with Crippen LogP contribution in [0, 0.1) is 5.82 Å². The highest BCUT2D eigenvalue weighted by Gasteiger charge is 2.10. The Kier molecular flexibility index (Phi) is 4.23. The standard InChI is InChI=1S/C11H9ClFNO3/c1-6(15)14-10(11(16)17)4-7-2-3-8(12)5-9(7)13/h2-5H,1H3,(H,14,15)(H,16,17)/b10-4+. The van der Waals surface area contributed by atoms with Crippen molar-refractivity contribution < 1.29 is 19.1 Å². The SMILES string of the molecule is CC(=O)N/C(=C/c1ccc(Cl)cc1F)C(=O)O. The van der Waals surface area contributed by atoms with Crippen molar-refractivity contribution in [1.82, 2.24) is 5.32 Å². The van der Waals surface area contributed by atoms with Gasteiger partial charge in [-0.2, -0.15) is 0 Å². The summed E-state index contributed by atoms with van der Waals surface area (Å²) in [5.74, 6) is -2.57.